The standard InChI is InChI=1S/C14H12N2.C12H14N2.C12H12N2.C11H14N2.C10H11N3/c1-9-3-5-11-7-8-12-6-4-10(2)16-14(12)13(11)15-9;1-8-6-12(14-10(8)3)7-11-5-4-9(2)13-11;1-9-5-3-7-11(13-9)12-8-4-6-10(2)14-12;1-8-3-5-10(12-8)7-11-6-4-9(2)13-11;1-7-3-5-9(11-7)13-10-6-4-8(2)12-10/h3-8H,1-2H3;4-7,14H,1-3H3;3-8H,1-2H3;3-6,12-13H,7H2,1-2H3;3-6,11H,1-2H3/b;11-7-;;;. The number of rotatable bonds is 5. The van der Waals surface area contributed by atoms with Gasteiger partial charge in [0.05, 0.1) is 28.1 Å². The molecule has 0 saturated heterocycles. The number of pyridine rings is 4. The topological polar surface area (TPSA) is 152 Å². The number of aryl methyl sites for hydroxylation is 9. The van der Waals surface area contributed by atoms with E-state index in [1.165, 1.54) is 34.0 Å². The normalized spacial score (nSPS) is 13.5. The fraction of sp³-hybridized carbons (Fsp3) is 0.203. The van der Waals surface area contributed by atoms with Crippen molar-refractivity contribution in [1.29, 1.82) is 0 Å². The molecule has 0 atom stereocenters. The highest BCUT2D eigenvalue weighted by Gasteiger charge is 2.06. The van der Waals surface area contributed by atoms with Gasteiger partial charge in [0.2, 0.25) is 0 Å². The van der Waals surface area contributed by atoms with Crippen LogP contribution in [0.15, 0.2) is 160 Å². The largest absolute Gasteiger partial charge is 0.362 e. The average Bonchev–Trinajstić information content (AvgIpc) is 4.22. The summed E-state index contributed by atoms with van der Waals surface area (Å²) in [5.41, 5.74) is 20.8. The van der Waals surface area contributed by atoms with E-state index in [4.69, 9.17) is 0 Å². The molecule has 11 rings (SSSR count). The second kappa shape index (κ2) is 23.1. The summed E-state index contributed by atoms with van der Waals surface area (Å²) in [5, 5.41) is 2.30. The molecule has 11 heteroatoms. The zero-order valence-electron chi connectivity index (χ0n) is 42.2. The minimum absolute atomic E-state index is 0.763. The maximum atomic E-state index is 4.58. The van der Waals surface area contributed by atoms with Crippen LogP contribution in [0.4, 0.5) is 5.82 Å². The van der Waals surface area contributed by atoms with Crippen LogP contribution in [0.5, 0.6) is 0 Å². The zero-order chi connectivity index (χ0) is 49.7. The zero-order valence-corrected chi connectivity index (χ0v) is 42.2. The molecule has 0 radical (unpaired) electrons. The van der Waals surface area contributed by atoms with Gasteiger partial charge in [0.1, 0.15) is 5.82 Å². The van der Waals surface area contributed by atoms with E-state index in [-0.39, 0.29) is 0 Å². The number of benzene rings is 1. The number of amidine groups is 1. The highest BCUT2D eigenvalue weighted by Crippen LogP contribution is 2.23. The molecule has 10 heterocycles. The SMILES string of the molecule is CC1=N/C(=C\c2cc(C)c(C)[nH]2)C=C1.CC1=NC(=Nc2ccc(C)[nH]2)C=C1.Cc1ccc(Cc2ccc(C)[nH]2)[nH]1.Cc1ccc2ccc3ccc(C)nc3c2n1.Cc1cccc(-c2cccc(C)n2)n1. The van der Waals surface area contributed by atoms with Crippen molar-refractivity contribution >= 4 is 51.0 Å². The lowest BCUT2D eigenvalue weighted by Crippen LogP contribution is -1.90. The third kappa shape index (κ3) is 14.4. The number of aromatic nitrogens is 8. The van der Waals surface area contributed by atoms with Crippen LogP contribution in [-0.4, -0.2) is 57.1 Å². The molecule has 8 aromatic heterocycles. The molecular weight excluding hydrogens is 863 g/mol. The van der Waals surface area contributed by atoms with Gasteiger partial charge >= 0.3 is 0 Å². The molecule has 11 nitrogen and oxygen atoms in total. The molecule has 354 valence electrons. The predicted octanol–water partition coefficient (Wildman–Crippen LogP) is 14.1. The molecule has 70 heavy (non-hydrogen) atoms. The summed E-state index contributed by atoms with van der Waals surface area (Å²) < 4.78 is 0. The second-order valence-corrected chi connectivity index (χ2v) is 17.7. The predicted molar refractivity (Wildman–Crippen MR) is 293 cm³/mol. The van der Waals surface area contributed by atoms with Gasteiger partial charge < -0.3 is 19.9 Å². The van der Waals surface area contributed by atoms with Crippen molar-refractivity contribution in [2.75, 3.05) is 0 Å². The highest BCUT2D eigenvalue weighted by atomic mass is 15.0. The fourth-order valence-corrected chi connectivity index (χ4v) is 7.55. The van der Waals surface area contributed by atoms with Crippen LogP contribution in [0.25, 0.3) is 39.3 Å². The summed E-state index contributed by atoms with van der Waals surface area (Å²) in [5.74, 6) is 1.62. The number of fused-ring (bicyclic) bond motifs is 3. The first-order valence-corrected chi connectivity index (χ1v) is 23.5. The van der Waals surface area contributed by atoms with Crippen LogP contribution in [0.2, 0.25) is 0 Å². The molecule has 0 saturated carbocycles. The van der Waals surface area contributed by atoms with Gasteiger partial charge in [-0.25, -0.2) is 9.98 Å². The van der Waals surface area contributed by atoms with Crippen LogP contribution in [0, 0.1) is 62.3 Å². The van der Waals surface area contributed by atoms with Crippen LogP contribution in [0.1, 0.15) is 82.0 Å². The molecule has 1 aromatic carbocycles. The van der Waals surface area contributed by atoms with Crippen molar-refractivity contribution in [2.24, 2.45) is 15.0 Å². The number of H-pyrrole nitrogens is 4. The number of hydrogen-bond donors (Lipinski definition) is 4. The van der Waals surface area contributed by atoms with Crippen molar-refractivity contribution in [3.8, 4) is 11.4 Å². The maximum Gasteiger partial charge on any atom is 0.154 e. The molecule has 4 N–H and O–H groups in total. The smallest absolute Gasteiger partial charge is 0.154 e. The van der Waals surface area contributed by atoms with E-state index >= 15 is 0 Å². The number of hydrogen-bond acceptors (Lipinski definition) is 6. The number of nitrogens with zero attached hydrogens (tertiary/aromatic N) is 7. The molecule has 0 aliphatic carbocycles. The Morgan fingerprint density at radius 3 is 1.39 bits per heavy atom. The van der Waals surface area contributed by atoms with Crippen molar-refractivity contribution < 1.29 is 0 Å². The Labute approximate surface area is 411 Å². The molecule has 0 amide bonds. The van der Waals surface area contributed by atoms with E-state index in [0.29, 0.717) is 0 Å². The third-order valence-corrected chi connectivity index (χ3v) is 11.2. The molecule has 2 aliphatic rings. The van der Waals surface area contributed by atoms with Crippen molar-refractivity contribution in [1.82, 2.24) is 39.9 Å². The molecule has 0 bridgehead atoms. The van der Waals surface area contributed by atoms with Crippen LogP contribution in [0.3, 0.4) is 0 Å². The summed E-state index contributed by atoms with van der Waals surface area (Å²) >= 11 is 0. The maximum absolute atomic E-state index is 4.58. The molecule has 9 aromatic rings. The Kier molecular flexibility index (Phi) is 16.4. The van der Waals surface area contributed by atoms with Gasteiger partial charge in [0.15, 0.2) is 5.84 Å². The third-order valence-electron chi connectivity index (χ3n) is 11.2. The van der Waals surface area contributed by atoms with Crippen LogP contribution < -0.4 is 0 Å². The Morgan fingerprint density at radius 2 is 0.957 bits per heavy atom. The van der Waals surface area contributed by atoms with E-state index < -0.39 is 0 Å². The van der Waals surface area contributed by atoms with Gasteiger partial charge in [-0.1, -0.05) is 36.4 Å². The number of allylic oxidation sites excluding steroid dienone is 3. The lowest BCUT2D eigenvalue weighted by Gasteiger charge is -2.04. The second-order valence-electron chi connectivity index (χ2n) is 17.7. The van der Waals surface area contributed by atoms with Crippen molar-refractivity contribution in [3.05, 3.63) is 213 Å². The van der Waals surface area contributed by atoms with E-state index in [9.17, 15) is 0 Å². The van der Waals surface area contributed by atoms with Crippen molar-refractivity contribution in [3.63, 3.8) is 0 Å². The van der Waals surface area contributed by atoms with Gasteiger partial charge in [-0.15, -0.1) is 0 Å². The summed E-state index contributed by atoms with van der Waals surface area (Å²) in [6.45, 7) is 22.3. The minimum Gasteiger partial charge on any atom is -0.362 e. The Balaban J connectivity index is 0.000000129. The fourth-order valence-electron chi connectivity index (χ4n) is 7.55. The minimum atomic E-state index is 0.763. The Morgan fingerprint density at radius 1 is 0.457 bits per heavy atom. The van der Waals surface area contributed by atoms with Crippen molar-refractivity contribution in [2.45, 2.75) is 82.6 Å². The Bertz CT molecular complexity index is 3270. The summed E-state index contributed by atoms with van der Waals surface area (Å²) in [6, 6.07) is 38.9. The average molecular weight is 926 g/mol. The van der Waals surface area contributed by atoms with Crippen LogP contribution in [-0.2, 0) is 6.42 Å². The van der Waals surface area contributed by atoms with Gasteiger partial charge in [-0.2, -0.15) is 0 Å². The number of nitrogens with one attached hydrogen (secondary N) is 4. The van der Waals surface area contributed by atoms with Gasteiger partial charge in [0, 0.05) is 91.2 Å². The number of aliphatic imine (C=N–C) groups is 3. The lowest BCUT2D eigenvalue weighted by atomic mass is 10.1. The summed E-state index contributed by atoms with van der Waals surface area (Å²) in [7, 11) is 0. The molecule has 2 aliphatic heterocycles. The van der Waals surface area contributed by atoms with E-state index in [1.54, 1.807) is 0 Å². The summed E-state index contributed by atoms with van der Waals surface area (Å²) in [4.78, 5) is 44.0. The first-order chi connectivity index (χ1) is 33.6. The quantitative estimate of drug-likeness (QED) is 0.127. The first kappa shape index (κ1) is 49.6. The number of aromatic amines is 4. The lowest BCUT2D eigenvalue weighted by molar-refractivity contribution is 1.03. The molecular formula is C59H63N11. The molecule has 0 fully saturated rings. The first-order valence-electron chi connectivity index (χ1n) is 23.5. The van der Waals surface area contributed by atoms with Gasteiger partial charge in [0.25, 0.3) is 0 Å². The van der Waals surface area contributed by atoms with E-state index in [2.05, 4.69) is 143 Å². The highest BCUT2D eigenvalue weighted by molar-refractivity contribution is 6.14. The summed E-state index contributed by atoms with van der Waals surface area (Å²) in [6.07, 6.45) is 10.9. The van der Waals surface area contributed by atoms with E-state index in [0.717, 1.165) is 103 Å². The van der Waals surface area contributed by atoms with E-state index in [1.807, 2.05) is 133 Å². The Hall–Kier alpha value is -8.31. The van der Waals surface area contributed by atoms with Gasteiger partial charge in [-0.3, -0.25) is 24.9 Å². The molecule has 0 spiro atoms. The monoisotopic (exact) mass is 926 g/mol. The van der Waals surface area contributed by atoms with Gasteiger partial charge in [-0.05, 0) is 191 Å². The molecule has 0 unspecified atom stereocenters. The van der Waals surface area contributed by atoms with Crippen LogP contribution >= 0.6 is 0 Å².